The number of hydrogen-bond acceptors (Lipinski definition) is 3. The van der Waals surface area contributed by atoms with E-state index in [0.29, 0.717) is 5.92 Å². The predicted molar refractivity (Wildman–Crippen MR) is 85.4 cm³/mol. The van der Waals surface area contributed by atoms with Gasteiger partial charge in [0.05, 0.1) is 0 Å². The van der Waals surface area contributed by atoms with Crippen molar-refractivity contribution in [2.24, 2.45) is 11.3 Å². The summed E-state index contributed by atoms with van der Waals surface area (Å²) < 4.78 is 0. The second-order valence-electron chi connectivity index (χ2n) is 6.83. The van der Waals surface area contributed by atoms with E-state index in [2.05, 4.69) is 4.90 Å². The molecule has 1 fully saturated rings. The van der Waals surface area contributed by atoms with Gasteiger partial charge >= 0.3 is 0 Å². The molecule has 1 saturated heterocycles. The van der Waals surface area contributed by atoms with Gasteiger partial charge in [0.2, 0.25) is 0 Å². The molecule has 0 amide bonds. The molecule has 21 heavy (non-hydrogen) atoms. The molecule has 0 bridgehead atoms. The lowest BCUT2D eigenvalue weighted by molar-refractivity contribution is 0.0686. The van der Waals surface area contributed by atoms with Crippen LogP contribution in [0.3, 0.4) is 0 Å². The van der Waals surface area contributed by atoms with Crippen molar-refractivity contribution >= 4 is 5.78 Å². The summed E-state index contributed by atoms with van der Waals surface area (Å²) in [6, 6.07) is 9.57. The Hall–Kier alpha value is -1.19. The quantitative estimate of drug-likeness (QED) is 0.819. The van der Waals surface area contributed by atoms with Crippen LogP contribution in [0.2, 0.25) is 0 Å². The molecule has 1 aliphatic heterocycles. The minimum absolute atomic E-state index is 0.215. The maximum absolute atomic E-state index is 12.7. The Bertz CT molecular complexity index is 454. The number of aliphatic hydroxyl groups excluding tert-OH is 1. The van der Waals surface area contributed by atoms with E-state index < -0.39 is 0 Å². The number of hydrogen-bond donors (Lipinski definition) is 1. The number of carbonyl (C=O) groups is 1. The number of Topliss-reactive ketones (excluding diaryl/α,β-unsaturated/α-hetero) is 1. The molecule has 0 saturated carbocycles. The molecule has 1 unspecified atom stereocenters. The van der Waals surface area contributed by atoms with Crippen LogP contribution in [-0.2, 0) is 0 Å². The van der Waals surface area contributed by atoms with E-state index in [9.17, 15) is 4.79 Å². The highest BCUT2D eigenvalue weighted by atomic mass is 16.3. The van der Waals surface area contributed by atoms with E-state index in [1.807, 2.05) is 44.2 Å². The van der Waals surface area contributed by atoms with Crippen LogP contribution >= 0.6 is 0 Å². The van der Waals surface area contributed by atoms with Crippen LogP contribution in [0.4, 0.5) is 0 Å². The van der Waals surface area contributed by atoms with Gasteiger partial charge in [-0.3, -0.25) is 4.79 Å². The first-order valence-corrected chi connectivity index (χ1v) is 7.96. The van der Waals surface area contributed by atoms with Gasteiger partial charge in [-0.25, -0.2) is 0 Å². The van der Waals surface area contributed by atoms with Gasteiger partial charge in [-0.1, -0.05) is 44.2 Å². The van der Waals surface area contributed by atoms with Crippen molar-refractivity contribution in [2.45, 2.75) is 33.1 Å². The monoisotopic (exact) mass is 289 g/mol. The molecule has 1 N–H and O–H groups in total. The first-order valence-electron chi connectivity index (χ1n) is 7.96. The summed E-state index contributed by atoms with van der Waals surface area (Å²) in [6.07, 6.45) is 3.24. The number of nitrogens with zero attached hydrogens (tertiary/aromatic N) is 1. The molecular weight excluding hydrogens is 262 g/mol. The third-order valence-corrected chi connectivity index (χ3v) is 4.41. The van der Waals surface area contributed by atoms with Crippen molar-refractivity contribution in [2.75, 3.05) is 26.2 Å². The summed E-state index contributed by atoms with van der Waals surface area (Å²) in [5.41, 5.74) is 0.425. The summed E-state index contributed by atoms with van der Waals surface area (Å²) in [4.78, 5) is 15.1. The van der Waals surface area contributed by atoms with Crippen LogP contribution in [0.1, 0.15) is 43.5 Å². The fraction of sp³-hybridized carbons (Fsp3) is 0.611. The zero-order valence-electron chi connectivity index (χ0n) is 13.2. The highest BCUT2D eigenvalue weighted by molar-refractivity contribution is 6.00. The highest BCUT2D eigenvalue weighted by Crippen LogP contribution is 2.27. The maximum Gasteiger partial charge on any atom is 0.169 e. The normalized spacial score (nSPS) is 20.4. The Morgan fingerprint density at radius 3 is 2.71 bits per heavy atom. The average molecular weight is 289 g/mol. The molecule has 1 atom stereocenters. The van der Waals surface area contributed by atoms with Gasteiger partial charge in [-0.2, -0.15) is 0 Å². The van der Waals surface area contributed by atoms with Crippen LogP contribution < -0.4 is 0 Å². The number of likely N-dealkylation sites (tertiary alicyclic amines) is 1. The Balaban J connectivity index is 1.98. The van der Waals surface area contributed by atoms with E-state index in [1.165, 1.54) is 12.8 Å². The highest BCUT2D eigenvalue weighted by Gasteiger charge is 2.32. The van der Waals surface area contributed by atoms with Gasteiger partial charge in [0.25, 0.3) is 0 Å². The lowest BCUT2D eigenvalue weighted by Crippen LogP contribution is -2.44. The largest absolute Gasteiger partial charge is 0.396 e. The molecule has 1 heterocycles. The van der Waals surface area contributed by atoms with E-state index in [0.717, 1.165) is 31.6 Å². The maximum atomic E-state index is 12.7. The zero-order valence-corrected chi connectivity index (χ0v) is 13.2. The predicted octanol–water partition coefficient (Wildman–Crippen LogP) is 2.99. The van der Waals surface area contributed by atoms with Gasteiger partial charge in [0, 0.05) is 30.7 Å². The summed E-state index contributed by atoms with van der Waals surface area (Å²) in [5, 5.41) is 9.10. The summed E-state index contributed by atoms with van der Waals surface area (Å²) >= 11 is 0. The molecular formula is C18H27NO2. The fourth-order valence-corrected chi connectivity index (χ4v) is 3.32. The topological polar surface area (TPSA) is 40.5 Å². The molecule has 3 nitrogen and oxygen atoms in total. The average Bonchev–Trinajstić information content (AvgIpc) is 2.47. The van der Waals surface area contributed by atoms with Crippen molar-refractivity contribution < 1.29 is 9.90 Å². The van der Waals surface area contributed by atoms with Crippen LogP contribution in [0, 0.1) is 11.3 Å². The molecule has 3 heteroatoms. The number of carbonyl (C=O) groups excluding carboxylic acids is 1. The molecule has 116 valence electrons. The van der Waals surface area contributed by atoms with Crippen molar-refractivity contribution in [1.29, 1.82) is 0 Å². The Morgan fingerprint density at radius 1 is 1.33 bits per heavy atom. The lowest BCUT2D eigenvalue weighted by Gasteiger charge is -2.37. The Kier molecular flexibility index (Phi) is 5.54. The molecule has 0 radical (unpaired) electrons. The molecule has 0 spiro atoms. The van der Waals surface area contributed by atoms with Crippen LogP contribution in [0.5, 0.6) is 0 Å². The van der Waals surface area contributed by atoms with Gasteiger partial charge in [-0.05, 0) is 31.7 Å². The molecule has 0 aliphatic carbocycles. The lowest BCUT2D eigenvalue weighted by atomic mass is 9.82. The van der Waals surface area contributed by atoms with Gasteiger partial charge in [0.15, 0.2) is 5.78 Å². The third-order valence-electron chi connectivity index (χ3n) is 4.41. The molecule has 1 aromatic carbocycles. The van der Waals surface area contributed by atoms with Crippen molar-refractivity contribution in [3.8, 4) is 0 Å². The summed E-state index contributed by atoms with van der Waals surface area (Å²) in [6.45, 7) is 7.21. The van der Waals surface area contributed by atoms with Crippen molar-refractivity contribution in [3.05, 3.63) is 35.9 Å². The van der Waals surface area contributed by atoms with E-state index in [4.69, 9.17) is 5.11 Å². The van der Waals surface area contributed by atoms with Gasteiger partial charge in [0.1, 0.15) is 0 Å². The smallest absolute Gasteiger partial charge is 0.169 e. The minimum atomic E-state index is -0.373. The minimum Gasteiger partial charge on any atom is -0.396 e. The van der Waals surface area contributed by atoms with Crippen LogP contribution in [0.25, 0.3) is 0 Å². The second-order valence-corrected chi connectivity index (χ2v) is 6.83. The number of rotatable bonds is 6. The SMILES string of the molecule is CC(C)(CN1CCCC(CCO)C1)C(=O)c1ccccc1. The van der Waals surface area contributed by atoms with E-state index >= 15 is 0 Å². The summed E-state index contributed by atoms with van der Waals surface area (Å²) in [7, 11) is 0. The standard InChI is InChI=1S/C18H27NO2/c1-18(2,17(21)16-8-4-3-5-9-16)14-19-11-6-7-15(13-19)10-12-20/h3-5,8-9,15,20H,6-7,10-14H2,1-2H3. The second kappa shape index (κ2) is 7.19. The van der Waals surface area contributed by atoms with Gasteiger partial charge < -0.3 is 10.0 Å². The van der Waals surface area contributed by atoms with Crippen LogP contribution in [0.15, 0.2) is 30.3 Å². The number of piperidine rings is 1. The number of aliphatic hydroxyl groups is 1. The Morgan fingerprint density at radius 2 is 2.05 bits per heavy atom. The molecule has 1 aromatic rings. The third kappa shape index (κ3) is 4.39. The first-order chi connectivity index (χ1) is 10.0. The Labute approximate surface area is 128 Å². The van der Waals surface area contributed by atoms with E-state index in [1.54, 1.807) is 0 Å². The van der Waals surface area contributed by atoms with Gasteiger partial charge in [-0.15, -0.1) is 0 Å². The molecule has 1 aliphatic rings. The van der Waals surface area contributed by atoms with Crippen molar-refractivity contribution in [3.63, 3.8) is 0 Å². The van der Waals surface area contributed by atoms with E-state index in [-0.39, 0.29) is 17.8 Å². The number of benzene rings is 1. The molecule has 0 aromatic heterocycles. The molecule has 2 rings (SSSR count). The van der Waals surface area contributed by atoms with Crippen LogP contribution in [-0.4, -0.2) is 42.0 Å². The zero-order chi connectivity index (χ0) is 15.3. The fourth-order valence-electron chi connectivity index (χ4n) is 3.32. The number of ketones is 1. The first kappa shape index (κ1) is 16.2. The van der Waals surface area contributed by atoms with Crippen molar-refractivity contribution in [1.82, 2.24) is 4.90 Å². The summed E-state index contributed by atoms with van der Waals surface area (Å²) in [5.74, 6) is 0.791.